The van der Waals surface area contributed by atoms with Crippen molar-refractivity contribution in [3.8, 4) is 5.75 Å². The van der Waals surface area contributed by atoms with E-state index in [1.807, 2.05) is 61.5 Å². The molecule has 0 aliphatic rings. The highest BCUT2D eigenvalue weighted by Gasteiger charge is 2.31. The number of amides is 2. The maximum atomic E-state index is 14.6. The molecule has 0 fully saturated rings. The van der Waals surface area contributed by atoms with Crippen LogP contribution in [-0.4, -0.2) is 35.9 Å². The molecule has 0 saturated heterocycles. The molecule has 1 atom stereocenters. The van der Waals surface area contributed by atoms with Crippen molar-refractivity contribution in [2.45, 2.75) is 52.1 Å². The van der Waals surface area contributed by atoms with Gasteiger partial charge in [0.15, 0.2) is 6.61 Å². The second-order valence-corrected chi connectivity index (χ2v) is 9.12. The second-order valence-electron chi connectivity index (χ2n) is 9.12. The van der Waals surface area contributed by atoms with Gasteiger partial charge in [-0.2, -0.15) is 0 Å². The van der Waals surface area contributed by atoms with Crippen LogP contribution in [0.15, 0.2) is 78.9 Å². The van der Waals surface area contributed by atoms with Crippen molar-refractivity contribution in [1.29, 1.82) is 0 Å². The molecule has 0 radical (unpaired) electrons. The lowest BCUT2D eigenvalue weighted by molar-refractivity contribution is -0.142. The van der Waals surface area contributed by atoms with Gasteiger partial charge in [-0.3, -0.25) is 9.59 Å². The number of rotatable bonds is 12. The van der Waals surface area contributed by atoms with Gasteiger partial charge in [0.05, 0.1) is 0 Å². The monoisotopic (exact) mass is 490 g/mol. The van der Waals surface area contributed by atoms with E-state index in [1.54, 1.807) is 18.2 Å². The largest absolute Gasteiger partial charge is 0.484 e. The van der Waals surface area contributed by atoms with Gasteiger partial charge in [-0.1, -0.05) is 81.4 Å². The number of carbonyl (C=O) groups excluding carboxylic acids is 2. The molecule has 0 aliphatic heterocycles. The molecule has 3 aromatic carbocycles. The zero-order valence-electron chi connectivity index (χ0n) is 21.2. The van der Waals surface area contributed by atoms with Gasteiger partial charge in [0, 0.05) is 25.1 Å². The zero-order valence-corrected chi connectivity index (χ0v) is 21.2. The Morgan fingerprint density at radius 1 is 0.944 bits per heavy atom. The van der Waals surface area contributed by atoms with Crippen LogP contribution in [0.2, 0.25) is 0 Å². The molecule has 190 valence electrons. The van der Waals surface area contributed by atoms with Crippen LogP contribution in [0.5, 0.6) is 5.75 Å². The van der Waals surface area contributed by atoms with Gasteiger partial charge in [0.25, 0.3) is 5.91 Å². The Bertz CT molecular complexity index is 1120. The summed E-state index contributed by atoms with van der Waals surface area (Å²) in [7, 11) is 0. The van der Waals surface area contributed by atoms with Gasteiger partial charge < -0.3 is 15.0 Å². The molecule has 0 spiro atoms. The van der Waals surface area contributed by atoms with Crippen LogP contribution in [0.4, 0.5) is 4.39 Å². The van der Waals surface area contributed by atoms with Gasteiger partial charge in [0.2, 0.25) is 5.91 Å². The number of hydrogen-bond donors (Lipinski definition) is 1. The van der Waals surface area contributed by atoms with Crippen molar-refractivity contribution >= 4 is 11.8 Å². The average Bonchev–Trinajstić information content (AvgIpc) is 2.89. The maximum Gasteiger partial charge on any atom is 0.261 e. The molecule has 1 N–H and O–H groups in total. The molecule has 0 aliphatic carbocycles. The van der Waals surface area contributed by atoms with E-state index in [2.05, 4.69) is 19.2 Å². The van der Waals surface area contributed by atoms with E-state index in [4.69, 9.17) is 4.74 Å². The first-order valence-electron chi connectivity index (χ1n) is 12.5. The summed E-state index contributed by atoms with van der Waals surface area (Å²) in [6.45, 7) is 6.37. The van der Waals surface area contributed by atoms with E-state index in [0.29, 0.717) is 30.2 Å². The van der Waals surface area contributed by atoms with Crippen LogP contribution in [0.25, 0.3) is 0 Å². The third kappa shape index (κ3) is 7.67. The summed E-state index contributed by atoms with van der Waals surface area (Å²) in [5.41, 5.74) is 2.42. The maximum absolute atomic E-state index is 14.6. The Kier molecular flexibility index (Phi) is 10.0. The van der Waals surface area contributed by atoms with Crippen LogP contribution >= 0.6 is 0 Å². The first-order valence-corrected chi connectivity index (χ1v) is 12.5. The molecule has 0 heterocycles. The minimum Gasteiger partial charge on any atom is -0.484 e. The van der Waals surface area contributed by atoms with E-state index in [9.17, 15) is 14.0 Å². The van der Waals surface area contributed by atoms with Crippen LogP contribution < -0.4 is 10.1 Å². The molecular formula is C30H35FN2O3. The fourth-order valence-corrected chi connectivity index (χ4v) is 3.91. The van der Waals surface area contributed by atoms with E-state index < -0.39 is 17.8 Å². The molecule has 5 nitrogen and oxygen atoms in total. The highest BCUT2D eigenvalue weighted by molar-refractivity contribution is 5.88. The summed E-state index contributed by atoms with van der Waals surface area (Å²) in [6, 6.07) is 22.6. The number of benzene rings is 3. The number of ether oxygens (including phenoxy) is 1. The first kappa shape index (κ1) is 26.9. The lowest BCUT2D eigenvalue weighted by Crippen LogP contribution is -2.51. The fraction of sp³-hybridized carbons (Fsp3) is 0.333. The van der Waals surface area contributed by atoms with Crippen molar-refractivity contribution < 1.29 is 18.7 Å². The Balaban J connectivity index is 1.87. The second kappa shape index (κ2) is 13.4. The number of carbonyl (C=O) groups is 2. The molecular weight excluding hydrogens is 455 g/mol. The molecule has 0 saturated carbocycles. The lowest BCUT2D eigenvalue weighted by atomic mass is 10.0. The van der Waals surface area contributed by atoms with Gasteiger partial charge in [-0.05, 0) is 41.7 Å². The zero-order chi connectivity index (χ0) is 25.9. The number of nitrogens with one attached hydrogen (secondary N) is 1. The van der Waals surface area contributed by atoms with Crippen LogP contribution in [0, 0.1) is 5.82 Å². The predicted molar refractivity (Wildman–Crippen MR) is 140 cm³/mol. The molecule has 0 bridgehead atoms. The minimum atomic E-state index is -0.821. The molecule has 1 unspecified atom stereocenters. The summed E-state index contributed by atoms with van der Waals surface area (Å²) in [5.74, 6) is -0.135. The van der Waals surface area contributed by atoms with Gasteiger partial charge in [-0.25, -0.2) is 4.39 Å². The quantitative estimate of drug-likeness (QED) is 0.365. The Morgan fingerprint density at radius 3 is 2.25 bits per heavy atom. The fourth-order valence-electron chi connectivity index (χ4n) is 3.91. The van der Waals surface area contributed by atoms with Crippen molar-refractivity contribution in [2.75, 3.05) is 13.2 Å². The van der Waals surface area contributed by atoms with E-state index in [0.717, 1.165) is 12.0 Å². The van der Waals surface area contributed by atoms with Gasteiger partial charge in [0.1, 0.15) is 17.6 Å². The lowest BCUT2D eigenvalue weighted by Gasteiger charge is -2.31. The van der Waals surface area contributed by atoms with E-state index >= 15 is 0 Å². The van der Waals surface area contributed by atoms with Crippen molar-refractivity contribution in [3.63, 3.8) is 0 Å². The Morgan fingerprint density at radius 2 is 1.61 bits per heavy atom. The minimum absolute atomic E-state index is 0.0435. The molecule has 3 aromatic rings. The number of hydrogen-bond acceptors (Lipinski definition) is 3. The third-order valence-corrected chi connectivity index (χ3v) is 6.03. The summed E-state index contributed by atoms with van der Waals surface area (Å²) < 4.78 is 20.4. The average molecular weight is 491 g/mol. The standard InChI is InChI=1S/C30H35FN2O3/c1-4-18-32-30(35)28(19-23-10-6-5-7-11-23)33(20-25-12-8-9-13-27(25)31)29(34)21-36-26-16-14-24(15-17-26)22(2)3/h5-17,22,28H,4,18-21H2,1-3H3,(H,32,35). The molecule has 6 heteroatoms. The van der Waals surface area contributed by atoms with Crippen molar-refractivity contribution in [2.24, 2.45) is 0 Å². The van der Waals surface area contributed by atoms with Crippen molar-refractivity contribution in [1.82, 2.24) is 10.2 Å². The molecule has 36 heavy (non-hydrogen) atoms. The Labute approximate surface area is 213 Å². The highest BCUT2D eigenvalue weighted by Crippen LogP contribution is 2.20. The number of nitrogens with zero attached hydrogens (tertiary/aromatic N) is 1. The molecule has 0 aromatic heterocycles. The summed E-state index contributed by atoms with van der Waals surface area (Å²) in [5, 5.41) is 2.91. The summed E-state index contributed by atoms with van der Waals surface area (Å²) >= 11 is 0. The van der Waals surface area contributed by atoms with Gasteiger partial charge >= 0.3 is 0 Å². The normalized spacial score (nSPS) is 11.7. The highest BCUT2D eigenvalue weighted by atomic mass is 19.1. The number of halogens is 1. The predicted octanol–water partition coefficient (Wildman–Crippen LogP) is 5.49. The van der Waals surface area contributed by atoms with Crippen LogP contribution in [0.1, 0.15) is 49.8 Å². The van der Waals surface area contributed by atoms with Crippen LogP contribution in [-0.2, 0) is 22.6 Å². The third-order valence-electron chi connectivity index (χ3n) is 6.03. The topological polar surface area (TPSA) is 58.6 Å². The first-order chi connectivity index (χ1) is 17.4. The summed E-state index contributed by atoms with van der Waals surface area (Å²) in [4.78, 5) is 28.2. The Hall–Kier alpha value is -3.67. The summed E-state index contributed by atoms with van der Waals surface area (Å²) in [6.07, 6.45) is 1.07. The van der Waals surface area contributed by atoms with Crippen molar-refractivity contribution in [3.05, 3.63) is 101 Å². The van der Waals surface area contributed by atoms with Crippen LogP contribution in [0.3, 0.4) is 0 Å². The van der Waals surface area contributed by atoms with Gasteiger partial charge in [-0.15, -0.1) is 0 Å². The van der Waals surface area contributed by atoms with E-state index in [-0.39, 0.29) is 19.1 Å². The smallest absolute Gasteiger partial charge is 0.261 e. The van der Waals surface area contributed by atoms with E-state index in [1.165, 1.54) is 16.5 Å². The molecule has 3 rings (SSSR count). The SMILES string of the molecule is CCCNC(=O)C(Cc1ccccc1)N(Cc1ccccc1F)C(=O)COc1ccc(C(C)C)cc1. The molecule has 2 amide bonds.